The van der Waals surface area contributed by atoms with Crippen LogP contribution in [0.5, 0.6) is 0 Å². The molecule has 1 aromatic heterocycles. The van der Waals surface area contributed by atoms with Crippen molar-refractivity contribution in [3.63, 3.8) is 0 Å². The average molecular weight is 511 g/mol. The highest BCUT2D eigenvalue weighted by molar-refractivity contribution is 9.10. The zero-order valence-corrected chi connectivity index (χ0v) is 18.8. The molecule has 160 valence electrons. The van der Waals surface area contributed by atoms with Crippen LogP contribution in [0.1, 0.15) is 16.9 Å². The minimum absolute atomic E-state index is 0.00244. The smallest absolute Gasteiger partial charge is 0.269 e. The first-order valence-electron chi connectivity index (χ1n) is 9.34. The van der Waals surface area contributed by atoms with E-state index in [-0.39, 0.29) is 18.1 Å². The first-order valence-corrected chi connectivity index (χ1v) is 11.0. The Labute approximate surface area is 195 Å². The van der Waals surface area contributed by atoms with E-state index in [4.69, 9.17) is 4.42 Å². The van der Waals surface area contributed by atoms with Gasteiger partial charge >= 0.3 is 0 Å². The second kappa shape index (κ2) is 9.75. The Bertz CT molecular complexity index is 1240. The number of amidine groups is 1. The zero-order valence-electron chi connectivity index (χ0n) is 16.4. The van der Waals surface area contributed by atoms with Crippen LogP contribution in [0.3, 0.4) is 0 Å². The van der Waals surface area contributed by atoms with Crippen molar-refractivity contribution in [1.82, 2.24) is 4.90 Å². The third kappa shape index (κ3) is 5.21. The Morgan fingerprint density at radius 1 is 1.12 bits per heavy atom. The number of hydrogen-bond acceptors (Lipinski definition) is 7. The van der Waals surface area contributed by atoms with Gasteiger partial charge in [0.05, 0.1) is 28.9 Å². The van der Waals surface area contributed by atoms with Gasteiger partial charge in [-0.15, -0.1) is 5.10 Å². The highest BCUT2D eigenvalue weighted by Crippen LogP contribution is 2.34. The lowest BCUT2D eigenvalue weighted by Gasteiger charge is -2.12. The highest BCUT2D eigenvalue weighted by Gasteiger charge is 2.34. The van der Waals surface area contributed by atoms with Crippen LogP contribution >= 0.6 is 27.7 Å². The Morgan fingerprint density at radius 3 is 2.62 bits per heavy atom. The average Bonchev–Trinajstić information content (AvgIpc) is 3.39. The number of benzene rings is 2. The molecule has 1 amide bonds. The molecule has 0 saturated carbocycles. The van der Waals surface area contributed by atoms with Gasteiger partial charge in [-0.05, 0) is 65.4 Å². The fourth-order valence-electron chi connectivity index (χ4n) is 2.86. The number of rotatable bonds is 6. The van der Waals surface area contributed by atoms with Crippen molar-refractivity contribution in [3.05, 3.63) is 103 Å². The molecule has 3 aromatic rings. The van der Waals surface area contributed by atoms with Gasteiger partial charge in [0.1, 0.15) is 5.76 Å². The highest BCUT2D eigenvalue weighted by atomic mass is 79.9. The van der Waals surface area contributed by atoms with Crippen molar-refractivity contribution in [1.29, 1.82) is 0 Å². The van der Waals surface area contributed by atoms with Crippen LogP contribution in [-0.2, 0) is 11.3 Å². The molecule has 2 heterocycles. The van der Waals surface area contributed by atoms with Gasteiger partial charge in [-0.2, -0.15) is 5.10 Å². The van der Waals surface area contributed by atoms with Gasteiger partial charge in [-0.25, -0.2) is 0 Å². The van der Waals surface area contributed by atoms with Crippen LogP contribution in [0, 0.1) is 10.1 Å². The summed E-state index contributed by atoms with van der Waals surface area (Å²) in [6.45, 7) is 0.223. The standard InChI is InChI=1S/C22H15BrN4O4S/c23-17-4-1-3-16(11-17)12-20-21(28)26(14-19-5-2-10-31-19)22(32-20)25-24-13-15-6-8-18(9-7-15)27(29)30/h1-13H,14H2/b20-12-,24-13-,25-22+. The van der Waals surface area contributed by atoms with Crippen molar-refractivity contribution >= 4 is 56.7 Å². The van der Waals surface area contributed by atoms with Gasteiger partial charge in [0, 0.05) is 16.6 Å². The maximum Gasteiger partial charge on any atom is 0.269 e. The molecule has 2 aromatic carbocycles. The first-order chi connectivity index (χ1) is 15.5. The zero-order chi connectivity index (χ0) is 22.5. The molecule has 1 saturated heterocycles. The number of hydrogen-bond donors (Lipinski definition) is 0. The maximum atomic E-state index is 13.1. The van der Waals surface area contributed by atoms with Gasteiger partial charge in [-0.1, -0.05) is 28.1 Å². The van der Waals surface area contributed by atoms with Crippen molar-refractivity contribution < 1.29 is 14.1 Å². The molecular weight excluding hydrogens is 496 g/mol. The fraction of sp³-hybridized carbons (Fsp3) is 0.0455. The molecule has 0 unspecified atom stereocenters. The number of nitro groups is 1. The number of amides is 1. The molecule has 0 bridgehead atoms. The van der Waals surface area contributed by atoms with Gasteiger partial charge in [0.25, 0.3) is 11.6 Å². The van der Waals surface area contributed by atoms with E-state index in [2.05, 4.69) is 26.1 Å². The van der Waals surface area contributed by atoms with E-state index < -0.39 is 4.92 Å². The molecule has 8 nitrogen and oxygen atoms in total. The summed E-state index contributed by atoms with van der Waals surface area (Å²) in [5, 5.41) is 19.5. The van der Waals surface area contributed by atoms with Crippen molar-refractivity contribution in [3.8, 4) is 0 Å². The number of furan rings is 1. The SMILES string of the molecule is O=C1/C(=C/c2cccc(Br)c2)S/C(=N/N=C\c2ccc([N+](=O)[O-])cc2)N1Cc1ccco1. The number of carbonyl (C=O) groups is 1. The molecular formula is C22H15BrN4O4S. The lowest BCUT2D eigenvalue weighted by Crippen LogP contribution is -2.28. The summed E-state index contributed by atoms with van der Waals surface area (Å²) in [4.78, 5) is 25.4. The lowest BCUT2D eigenvalue weighted by molar-refractivity contribution is -0.384. The number of halogens is 1. The molecule has 10 heteroatoms. The molecule has 0 N–H and O–H groups in total. The molecule has 0 aliphatic carbocycles. The predicted molar refractivity (Wildman–Crippen MR) is 127 cm³/mol. The molecule has 0 spiro atoms. The third-order valence-corrected chi connectivity index (χ3v) is 5.87. The van der Waals surface area contributed by atoms with E-state index in [9.17, 15) is 14.9 Å². The molecule has 1 aliphatic rings. The Morgan fingerprint density at radius 2 is 1.94 bits per heavy atom. The number of non-ortho nitro benzene ring substituents is 1. The molecule has 0 atom stereocenters. The summed E-state index contributed by atoms with van der Waals surface area (Å²) >= 11 is 4.65. The van der Waals surface area contributed by atoms with Crippen LogP contribution in [0.15, 0.2) is 90.9 Å². The summed E-state index contributed by atoms with van der Waals surface area (Å²) in [5.74, 6) is 0.422. The second-order valence-corrected chi connectivity index (χ2v) is 8.54. The van der Waals surface area contributed by atoms with Gasteiger partial charge < -0.3 is 4.42 Å². The third-order valence-electron chi connectivity index (χ3n) is 4.38. The van der Waals surface area contributed by atoms with Crippen LogP contribution in [-0.4, -0.2) is 27.1 Å². The number of nitrogens with zero attached hydrogens (tertiary/aromatic N) is 4. The van der Waals surface area contributed by atoms with Gasteiger partial charge in [-0.3, -0.25) is 19.8 Å². The number of carbonyl (C=O) groups excluding carboxylic acids is 1. The topological polar surface area (TPSA) is 101 Å². The van der Waals surface area contributed by atoms with Gasteiger partial charge in [0.15, 0.2) is 5.17 Å². The van der Waals surface area contributed by atoms with Crippen molar-refractivity contribution in [2.45, 2.75) is 6.54 Å². The summed E-state index contributed by atoms with van der Waals surface area (Å²) in [5.41, 5.74) is 1.53. The Hall–Kier alpha value is -3.50. The summed E-state index contributed by atoms with van der Waals surface area (Å²) < 4.78 is 6.30. The fourth-order valence-corrected chi connectivity index (χ4v) is 4.21. The summed E-state index contributed by atoms with van der Waals surface area (Å²) in [6, 6.07) is 17.1. The van der Waals surface area contributed by atoms with E-state index in [0.717, 1.165) is 10.0 Å². The molecule has 1 fully saturated rings. The van der Waals surface area contributed by atoms with Crippen molar-refractivity contribution in [2.24, 2.45) is 10.2 Å². The summed E-state index contributed by atoms with van der Waals surface area (Å²) in [7, 11) is 0. The Kier molecular flexibility index (Phi) is 6.62. The Balaban J connectivity index is 1.59. The molecule has 0 radical (unpaired) electrons. The minimum atomic E-state index is -0.465. The van der Waals surface area contributed by atoms with E-state index >= 15 is 0 Å². The quantitative estimate of drug-likeness (QED) is 0.189. The summed E-state index contributed by atoms with van der Waals surface area (Å²) in [6.07, 6.45) is 4.82. The van der Waals surface area contributed by atoms with E-state index in [1.807, 2.05) is 24.3 Å². The van der Waals surface area contributed by atoms with Crippen LogP contribution in [0.4, 0.5) is 5.69 Å². The van der Waals surface area contributed by atoms with Gasteiger partial charge in [0.2, 0.25) is 0 Å². The first kappa shape index (κ1) is 21.7. The lowest BCUT2D eigenvalue weighted by atomic mass is 10.2. The van der Waals surface area contributed by atoms with Crippen molar-refractivity contribution in [2.75, 3.05) is 0 Å². The molecule has 1 aliphatic heterocycles. The monoisotopic (exact) mass is 510 g/mol. The molecule has 4 rings (SSSR count). The van der Waals surface area contributed by atoms with E-state index in [0.29, 0.717) is 21.4 Å². The maximum absolute atomic E-state index is 13.1. The normalized spacial score (nSPS) is 16.5. The van der Waals surface area contributed by atoms with Crippen LogP contribution in [0.2, 0.25) is 0 Å². The largest absolute Gasteiger partial charge is 0.467 e. The number of nitro benzene ring substituents is 1. The second-order valence-electron chi connectivity index (χ2n) is 6.61. The van der Waals surface area contributed by atoms with E-state index in [1.165, 1.54) is 35.0 Å². The molecule has 32 heavy (non-hydrogen) atoms. The van der Waals surface area contributed by atoms with Crippen LogP contribution in [0.25, 0.3) is 6.08 Å². The number of thioether (sulfide) groups is 1. The van der Waals surface area contributed by atoms with Crippen LogP contribution < -0.4 is 0 Å². The predicted octanol–water partition coefficient (Wildman–Crippen LogP) is 5.46. The van der Waals surface area contributed by atoms with E-state index in [1.54, 1.807) is 36.6 Å². The minimum Gasteiger partial charge on any atom is -0.467 e.